The summed E-state index contributed by atoms with van der Waals surface area (Å²) in [7, 11) is 3.71. The minimum absolute atomic E-state index is 0.306. The van der Waals surface area contributed by atoms with Crippen molar-refractivity contribution in [2.24, 2.45) is 0 Å². The first-order chi connectivity index (χ1) is 6.66. The zero-order chi connectivity index (χ0) is 10.1. The highest BCUT2D eigenvalue weighted by Crippen LogP contribution is 2.32. The molecule has 1 aliphatic rings. The fourth-order valence-electron chi connectivity index (χ4n) is 1.21. The van der Waals surface area contributed by atoms with Crippen molar-refractivity contribution in [1.82, 2.24) is 4.98 Å². The summed E-state index contributed by atoms with van der Waals surface area (Å²) < 4.78 is 18.5. The van der Waals surface area contributed by atoms with Gasteiger partial charge >= 0.3 is 0 Å². The van der Waals surface area contributed by atoms with E-state index in [0.29, 0.717) is 11.9 Å². The van der Waals surface area contributed by atoms with Crippen LogP contribution in [0, 0.1) is 5.95 Å². The first kappa shape index (κ1) is 9.24. The summed E-state index contributed by atoms with van der Waals surface area (Å²) in [6.07, 6.45) is 3.93. The fourth-order valence-corrected chi connectivity index (χ4v) is 1.21. The van der Waals surface area contributed by atoms with Crippen LogP contribution in [0.5, 0.6) is 5.75 Å². The molecule has 0 aromatic carbocycles. The fraction of sp³-hybridized carbons (Fsp3) is 0.500. The lowest BCUT2D eigenvalue weighted by Crippen LogP contribution is -2.12. The summed E-state index contributed by atoms with van der Waals surface area (Å²) in [6.45, 7) is 0. The standard InChI is InChI=1S/C10H13FN2O/c1-13(2)8-5-10(11)12-6-9(8)14-7-3-4-7/h5-7H,3-4H2,1-2H3. The molecule has 0 saturated heterocycles. The van der Waals surface area contributed by atoms with Crippen LogP contribution in [0.4, 0.5) is 10.1 Å². The summed E-state index contributed by atoms with van der Waals surface area (Å²) in [5.74, 6) is 0.191. The molecule has 0 atom stereocenters. The minimum Gasteiger partial charge on any atom is -0.487 e. The predicted molar refractivity (Wildman–Crippen MR) is 52.2 cm³/mol. The van der Waals surface area contributed by atoms with Crippen molar-refractivity contribution in [1.29, 1.82) is 0 Å². The average molecular weight is 196 g/mol. The maximum absolute atomic E-state index is 12.9. The van der Waals surface area contributed by atoms with E-state index in [1.54, 1.807) is 0 Å². The molecule has 1 saturated carbocycles. The molecule has 1 fully saturated rings. The molecule has 3 nitrogen and oxygen atoms in total. The Bertz CT molecular complexity index is 337. The predicted octanol–water partition coefficient (Wildman–Crippen LogP) is 1.83. The lowest BCUT2D eigenvalue weighted by atomic mass is 10.3. The van der Waals surface area contributed by atoms with E-state index in [2.05, 4.69) is 4.98 Å². The Labute approximate surface area is 82.5 Å². The smallest absolute Gasteiger partial charge is 0.215 e. The molecule has 76 valence electrons. The van der Waals surface area contributed by atoms with Gasteiger partial charge in [0.05, 0.1) is 18.0 Å². The van der Waals surface area contributed by atoms with Gasteiger partial charge in [-0.2, -0.15) is 4.39 Å². The van der Waals surface area contributed by atoms with Gasteiger partial charge in [-0.1, -0.05) is 0 Å². The summed E-state index contributed by atoms with van der Waals surface area (Å²) in [4.78, 5) is 5.41. The third kappa shape index (κ3) is 1.95. The molecule has 0 N–H and O–H groups in total. The van der Waals surface area contributed by atoms with Gasteiger partial charge < -0.3 is 9.64 Å². The number of anilines is 1. The highest BCUT2D eigenvalue weighted by Gasteiger charge is 2.25. The maximum Gasteiger partial charge on any atom is 0.215 e. The summed E-state index contributed by atoms with van der Waals surface area (Å²) in [5.41, 5.74) is 0.740. The number of nitrogens with zero attached hydrogens (tertiary/aromatic N) is 2. The number of halogens is 1. The van der Waals surface area contributed by atoms with Crippen LogP contribution in [-0.2, 0) is 0 Å². The molecule has 0 amide bonds. The molecular formula is C10H13FN2O. The molecule has 1 aromatic heterocycles. The number of rotatable bonds is 3. The van der Waals surface area contributed by atoms with E-state index in [0.717, 1.165) is 18.5 Å². The quantitative estimate of drug-likeness (QED) is 0.689. The molecule has 0 bridgehead atoms. The molecule has 1 heterocycles. The number of aromatic nitrogens is 1. The highest BCUT2D eigenvalue weighted by molar-refractivity contribution is 5.56. The largest absolute Gasteiger partial charge is 0.487 e. The van der Waals surface area contributed by atoms with Gasteiger partial charge in [-0.15, -0.1) is 0 Å². The van der Waals surface area contributed by atoms with Crippen LogP contribution in [0.15, 0.2) is 12.3 Å². The van der Waals surface area contributed by atoms with Gasteiger partial charge in [0.15, 0.2) is 5.75 Å². The zero-order valence-electron chi connectivity index (χ0n) is 8.33. The number of pyridine rings is 1. The normalized spacial score (nSPS) is 15.4. The molecule has 0 spiro atoms. The maximum atomic E-state index is 12.9. The van der Waals surface area contributed by atoms with Gasteiger partial charge in [-0.25, -0.2) is 4.98 Å². The summed E-state index contributed by atoms with van der Waals surface area (Å²) in [5, 5.41) is 0. The van der Waals surface area contributed by atoms with Gasteiger partial charge in [-0.3, -0.25) is 0 Å². The second-order valence-electron chi connectivity index (χ2n) is 3.69. The van der Waals surface area contributed by atoms with E-state index in [1.165, 1.54) is 12.3 Å². The van der Waals surface area contributed by atoms with E-state index < -0.39 is 5.95 Å². The Morgan fingerprint density at radius 1 is 1.50 bits per heavy atom. The van der Waals surface area contributed by atoms with Gasteiger partial charge in [0.1, 0.15) is 0 Å². The van der Waals surface area contributed by atoms with Gasteiger partial charge in [0.2, 0.25) is 5.95 Å². The Kier molecular flexibility index (Phi) is 2.27. The average Bonchev–Trinajstić information content (AvgIpc) is 2.91. The van der Waals surface area contributed by atoms with Crippen LogP contribution in [0.3, 0.4) is 0 Å². The van der Waals surface area contributed by atoms with Gasteiger partial charge in [-0.05, 0) is 12.8 Å². The van der Waals surface area contributed by atoms with Crippen LogP contribution in [0.25, 0.3) is 0 Å². The highest BCUT2D eigenvalue weighted by atomic mass is 19.1. The molecule has 0 aliphatic heterocycles. The summed E-state index contributed by atoms with van der Waals surface area (Å²) >= 11 is 0. The first-order valence-electron chi connectivity index (χ1n) is 4.66. The van der Waals surface area contributed by atoms with Crippen LogP contribution in [0.2, 0.25) is 0 Å². The van der Waals surface area contributed by atoms with Crippen LogP contribution < -0.4 is 9.64 Å². The number of hydrogen-bond donors (Lipinski definition) is 0. The van der Waals surface area contributed by atoms with Gasteiger partial charge in [0.25, 0.3) is 0 Å². The molecule has 1 aliphatic carbocycles. The van der Waals surface area contributed by atoms with Crippen molar-refractivity contribution in [3.8, 4) is 5.75 Å². The van der Waals surface area contributed by atoms with E-state index >= 15 is 0 Å². The summed E-state index contributed by atoms with van der Waals surface area (Å²) in [6, 6.07) is 1.39. The van der Waals surface area contributed by atoms with Crippen molar-refractivity contribution in [2.75, 3.05) is 19.0 Å². The van der Waals surface area contributed by atoms with Gasteiger partial charge in [0, 0.05) is 20.2 Å². The molecule has 2 rings (SSSR count). The molecule has 0 radical (unpaired) electrons. The monoisotopic (exact) mass is 196 g/mol. The Morgan fingerprint density at radius 3 is 2.79 bits per heavy atom. The SMILES string of the molecule is CN(C)c1cc(F)ncc1OC1CC1. The molecule has 1 aromatic rings. The van der Waals surface area contributed by atoms with Crippen molar-refractivity contribution in [3.05, 3.63) is 18.2 Å². The van der Waals surface area contributed by atoms with E-state index in [1.807, 2.05) is 19.0 Å². The number of hydrogen-bond acceptors (Lipinski definition) is 3. The Morgan fingerprint density at radius 2 is 2.21 bits per heavy atom. The van der Waals surface area contributed by atoms with E-state index in [-0.39, 0.29) is 0 Å². The lowest BCUT2D eigenvalue weighted by molar-refractivity contribution is 0.301. The van der Waals surface area contributed by atoms with Crippen molar-refractivity contribution < 1.29 is 9.13 Å². The minimum atomic E-state index is -0.475. The molecular weight excluding hydrogens is 183 g/mol. The van der Waals surface area contributed by atoms with Crippen LogP contribution >= 0.6 is 0 Å². The van der Waals surface area contributed by atoms with Crippen molar-refractivity contribution in [2.45, 2.75) is 18.9 Å². The topological polar surface area (TPSA) is 25.4 Å². The third-order valence-electron chi connectivity index (χ3n) is 2.11. The van der Waals surface area contributed by atoms with Crippen molar-refractivity contribution >= 4 is 5.69 Å². The molecule has 4 heteroatoms. The Hall–Kier alpha value is -1.32. The van der Waals surface area contributed by atoms with Crippen LogP contribution in [0.1, 0.15) is 12.8 Å². The third-order valence-corrected chi connectivity index (χ3v) is 2.11. The Balaban J connectivity index is 2.26. The number of ether oxygens (including phenoxy) is 1. The molecule has 14 heavy (non-hydrogen) atoms. The van der Waals surface area contributed by atoms with E-state index in [4.69, 9.17) is 4.74 Å². The lowest BCUT2D eigenvalue weighted by Gasteiger charge is -2.16. The molecule has 0 unspecified atom stereocenters. The second-order valence-corrected chi connectivity index (χ2v) is 3.69. The zero-order valence-corrected chi connectivity index (χ0v) is 8.33. The van der Waals surface area contributed by atoms with E-state index in [9.17, 15) is 4.39 Å². The first-order valence-corrected chi connectivity index (χ1v) is 4.66. The van der Waals surface area contributed by atoms with Crippen LogP contribution in [-0.4, -0.2) is 25.2 Å². The van der Waals surface area contributed by atoms with Crippen molar-refractivity contribution in [3.63, 3.8) is 0 Å². The second kappa shape index (κ2) is 3.44.